The third-order valence-electron chi connectivity index (χ3n) is 2.78. The molecule has 1 aliphatic carbocycles. The van der Waals surface area contributed by atoms with Crippen LogP contribution in [-0.2, 0) is 14.4 Å². The van der Waals surface area contributed by atoms with E-state index in [0.29, 0.717) is 0 Å². The van der Waals surface area contributed by atoms with Gasteiger partial charge < -0.3 is 10.5 Å². The van der Waals surface area contributed by atoms with Crippen LogP contribution in [0.2, 0.25) is 0 Å². The lowest BCUT2D eigenvalue weighted by molar-refractivity contribution is -0.121. The predicted octanol–water partition coefficient (Wildman–Crippen LogP) is 0.602. The van der Waals surface area contributed by atoms with E-state index in [9.17, 15) is 14.4 Å². The number of primary amides is 1. The van der Waals surface area contributed by atoms with Crippen molar-refractivity contribution >= 4 is 18.0 Å². The number of rotatable bonds is 4. The van der Waals surface area contributed by atoms with Gasteiger partial charge in [-0.05, 0) is 31.8 Å². The maximum absolute atomic E-state index is 11.5. The van der Waals surface area contributed by atoms with Gasteiger partial charge in [0.15, 0.2) is 5.78 Å². The molecule has 4 nitrogen and oxygen atoms in total. The fourth-order valence-corrected chi connectivity index (χ4v) is 1.84. The van der Waals surface area contributed by atoms with Crippen molar-refractivity contribution in [2.24, 2.45) is 17.6 Å². The van der Waals surface area contributed by atoms with Crippen molar-refractivity contribution in [3.63, 3.8) is 0 Å². The quantitative estimate of drug-likeness (QED) is 0.544. The van der Waals surface area contributed by atoms with Gasteiger partial charge in [-0.3, -0.25) is 9.59 Å². The monoisotopic (exact) mass is 209 g/mol. The Kier molecular flexibility index (Phi) is 4.21. The number of aldehydes is 1. The summed E-state index contributed by atoms with van der Waals surface area (Å²) in [4.78, 5) is 32.4. The van der Waals surface area contributed by atoms with Gasteiger partial charge in [0.25, 0.3) is 0 Å². The summed E-state index contributed by atoms with van der Waals surface area (Å²) in [5.41, 5.74) is 4.89. The Morgan fingerprint density at radius 3 is 2.13 bits per heavy atom. The number of ketones is 1. The van der Waals surface area contributed by atoms with Gasteiger partial charge in [-0.25, -0.2) is 0 Å². The van der Waals surface area contributed by atoms with Gasteiger partial charge in [-0.15, -0.1) is 0 Å². The van der Waals surface area contributed by atoms with Gasteiger partial charge in [0.1, 0.15) is 6.29 Å². The zero-order chi connectivity index (χ0) is 11.3. The number of carbonyl (C=O) groups excluding carboxylic acids is 3. The van der Waals surface area contributed by atoms with Crippen LogP contribution in [-0.4, -0.2) is 18.0 Å². The molecular formula is C11H15NO3. The van der Waals surface area contributed by atoms with Gasteiger partial charge in [-0.1, -0.05) is 0 Å². The minimum Gasteiger partial charge on any atom is -0.366 e. The molecule has 0 aromatic carbocycles. The van der Waals surface area contributed by atoms with E-state index in [2.05, 4.69) is 0 Å². The molecule has 2 N–H and O–H groups in total. The van der Waals surface area contributed by atoms with Crippen molar-refractivity contribution in [1.82, 2.24) is 0 Å². The van der Waals surface area contributed by atoms with Crippen molar-refractivity contribution in [1.29, 1.82) is 0 Å². The number of carbonyl (C=O) groups is 3. The van der Waals surface area contributed by atoms with Crippen molar-refractivity contribution in [2.45, 2.75) is 25.7 Å². The van der Waals surface area contributed by atoms with Crippen LogP contribution >= 0.6 is 0 Å². The maximum atomic E-state index is 11.5. The molecule has 0 radical (unpaired) electrons. The molecule has 0 aromatic rings. The fraction of sp³-hybridized carbons (Fsp3) is 0.545. The summed E-state index contributed by atoms with van der Waals surface area (Å²) >= 11 is 0. The van der Waals surface area contributed by atoms with E-state index < -0.39 is 5.91 Å². The molecule has 0 aromatic heterocycles. The smallest absolute Gasteiger partial charge is 0.241 e. The van der Waals surface area contributed by atoms with Gasteiger partial charge in [0, 0.05) is 17.9 Å². The van der Waals surface area contributed by atoms with E-state index in [1.54, 1.807) is 0 Å². The van der Waals surface area contributed by atoms with E-state index >= 15 is 0 Å². The highest BCUT2D eigenvalue weighted by Crippen LogP contribution is 2.28. The summed E-state index contributed by atoms with van der Waals surface area (Å²) < 4.78 is 0. The second-order valence-electron chi connectivity index (χ2n) is 3.89. The molecule has 4 heteroatoms. The first-order valence-corrected chi connectivity index (χ1v) is 5.10. The van der Waals surface area contributed by atoms with Crippen LogP contribution in [0.4, 0.5) is 0 Å². The van der Waals surface area contributed by atoms with Gasteiger partial charge in [0.2, 0.25) is 5.91 Å². The third kappa shape index (κ3) is 3.65. The number of allylic oxidation sites excluding steroid dienone is 1. The molecule has 1 aliphatic rings. The van der Waals surface area contributed by atoms with E-state index in [0.717, 1.165) is 38.0 Å². The number of hydrogen-bond acceptors (Lipinski definition) is 3. The van der Waals surface area contributed by atoms with Gasteiger partial charge >= 0.3 is 0 Å². The molecule has 0 atom stereocenters. The van der Waals surface area contributed by atoms with Crippen LogP contribution in [0.1, 0.15) is 25.7 Å². The Labute approximate surface area is 88.5 Å². The Morgan fingerprint density at radius 2 is 1.67 bits per heavy atom. The topological polar surface area (TPSA) is 77.2 Å². The van der Waals surface area contributed by atoms with Crippen LogP contribution in [0.25, 0.3) is 0 Å². The minimum atomic E-state index is -0.607. The highest BCUT2D eigenvalue weighted by Gasteiger charge is 2.24. The Balaban J connectivity index is 2.43. The van der Waals surface area contributed by atoms with Crippen LogP contribution in [0.5, 0.6) is 0 Å². The predicted molar refractivity (Wildman–Crippen MR) is 54.9 cm³/mol. The molecule has 15 heavy (non-hydrogen) atoms. The van der Waals surface area contributed by atoms with Crippen LogP contribution in [0.15, 0.2) is 12.2 Å². The Hall–Kier alpha value is -1.45. The average molecular weight is 209 g/mol. The summed E-state index contributed by atoms with van der Waals surface area (Å²) in [7, 11) is 0. The lowest BCUT2D eigenvalue weighted by atomic mass is 9.80. The van der Waals surface area contributed by atoms with E-state index in [1.807, 2.05) is 0 Å². The molecular weight excluding hydrogens is 194 g/mol. The zero-order valence-electron chi connectivity index (χ0n) is 8.52. The van der Waals surface area contributed by atoms with Crippen LogP contribution in [0, 0.1) is 11.8 Å². The van der Waals surface area contributed by atoms with Gasteiger partial charge in [-0.2, -0.15) is 0 Å². The SMILES string of the molecule is NC(=O)/C=C\C(=O)C1CCC(C=O)CC1. The van der Waals surface area contributed by atoms with Crippen molar-refractivity contribution in [3.05, 3.63) is 12.2 Å². The van der Waals surface area contributed by atoms with Crippen molar-refractivity contribution in [3.8, 4) is 0 Å². The molecule has 1 rings (SSSR count). The Morgan fingerprint density at radius 1 is 1.07 bits per heavy atom. The molecule has 0 saturated heterocycles. The minimum absolute atomic E-state index is 0.0446. The van der Waals surface area contributed by atoms with Crippen LogP contribution in [0.3, 0.4) is 0 Å². The zero-order valence-corrected chi connectivity index (χ0v) is 8.52. The van der Waals surface area contributed by atoms with Gasteiger partial charge in [0.05, 0.1) is 0 Å². The first-order chi connectivity index (χ1) is 7.13. The fourth-order valence-electron chi connectivity index (χ4n) is 1.84. The number of nitrogens with two attached hydrogens (primary N) is 1. The summed E-state index contributed by atoms with van der Waals surface area (Å²) in [5, 5.41) is 0. The van der Waals surface area contributed by atoms with Crippen molar-refractivity contribution < 1.29 is 14.4 Å². The van der Waals surface area contributed by atoms with E-state index in [1.165, 1.54) is 6.08 Å². The highest BCUT2D eigenvalue weighted by molar-refractivity contribution is 5.98. The van der Waals surface area contributed by atoms with Crippen molar-refractivity contribution in [2.75, 3.05) is 0 Å². The summed E-state index contributed by atoms with van der Waals surface area (Å²) in [6.45, 7) is 0. The molecule has 1 amide bonds. The third-order valence-corrected chi connectivity index (χ3v) is 2.78. The number of amides is 1. The second-order valence-corrected chi connectivity index (χ2v) is 3.89. The first-order valence-electron chi connectivity index (χ1n) is 5.10. The molecule has 0 bridgehead atoms. The van der Waals surface area contributed by atoms with Crippen LogP contribution < -0.4 is 5.73 Å². The summed E-state index contributed by atoms with van der Waals surface area (Å²) in [6, 6.07) is 0. The lowest BCUT2D eigenvalue weighted by Gasteiger charge is -2.23. The molecule has 0 aliphatic heterocycles. The second kappa shape index (κ2) is 5.44. The standard InChI is InChI=1S/C11H15NO3/c12-11(15)6-5-10(14)9-3-1-8(7-13)2-4-9/h5-9H,1-4H2,(H2,12,15)/b6-5-. The molecule has 0 heterocycles. The molecule has 0 unspecified atom stereocenters. The molecule has 82 valence electrons. The Bertz CT molecular complexity index is 288. The molecule has 1 saturated carbocycles. The molecule has 0 spiro atoms. The summed E-state index contributed by atoms with van der Waals surface area (Å²) in [5.74, 6) is -0.603. The van der Waals surface area contributed by atoms with E-state index in [4.69, 9.17) is 5.73 Å². The average Bonchev–Trinajstić information content (AvgIpc) is 2.26. The first kappa shape index (κ1) is 11.6. The number of hydrogen-bond donors (Lipinski definition) is 1. The molecule has 1 fully saturated rings. The normalized spacial score (nSPS) is 26.4. The summed E-state index contributed by atoms with van der Waals surface area (Å²) in [6.07, 6.45) is 6.29. The largest absolute Gasteiger partial charge is 0.366 e. The van der Waals surface area contributed by atoms with E-state index in [-0.39, 0.29) is 17.6 Å². The maximum Gasteiger partial charge on any atom is 0.241 e. The lowest BCUT2D eigenvalue weighted by Crippen LogP contribution is -2.21. The highest BCUT2D eigenvalue weighted by atomic mass is 16.1.